The highest BCUT2D eigenvalue weighted by Crippen LogP contribution is 2.29. The second-order valence-corrected chi connectivity index (χ2v) is 7.06. The van der Waals surface area contributed by atoms with Gasteiger partial charge in [0.1, 0.15) is 6.26 Å². The molecule has 7 nitrogen and oxygen atoms in total. The molecular formula is C18H24N4O3. The highest BCUT2D eigenvalue weighted by molar-refractivity contribution is 5.78. The normalized spacial score (nSPS) is 20.2. The van der Waals surface area contributed by atoms with Crippen molar-refractivity contribution in [3.8, 4) is 11.5 Å². The summed E-state index contributed by atoms with van der Waals surface area (Å²) < 4.78 is 10.8. The molecule has 1 aliphatic carbocycles. The maximum absolute atomic E-state index is 12.2. The molecule has 2 aromatic heterocycles. The van der Waals surface area contributed by atoms with Crippen molar-refractivity contribution in [1.29, 1.82) is 0 Å². The van der Waals surface area contributed by atoms with Crippen LogP contribution in [-0.4, -0.2) is 46.7 Å². The second-order valence-electron chi connectivity index (χ2n) is 7.06. The van der Waals surface area contributed by atoms with Gasteiger partial charge < -0.3 is 14.2 Å². The van der Waals surface area contributed by atoms with Gasteiger partial charge in [0.15, 0.2) is 0 Å². The van der Waals surface area contributed by atoms with E-state index in [1.54, 1.807) is 12.5 Å². The average molecular weight is 344 g/mol. The predicted molar refractivity (Wildman–Crippen MR) is 90.8 cm³/mol. The summed E-state index contributed by atoms with van der Waals surface area (Å²) in [4.78, 5) is 14.4. The number of amides is 1. The number of nitrogens with one attached hydrogen (secondary N) is 1. The van der Waals surface area contributed by atoms with Gasteiger partial charge >= 0.3 is 0 Å². The fourth-order valence-corrected chi connectivity index (χ4v) is 3.79. The molecule has 0 atom stereocenters. The van der Waals surface area contributed by atoms with E-state index in [0.29, 0.717) is 24.4 Å². The number of likely N-dealkylation sites (tertiary alicyclic amines) is 1. The van der Waals surface area contributed by atoms with Crippen molar-refractivity contribution in [2.45, 2.75) is 50.5 Å². The smallest absolute Gasteiger partial charge is 0.250 e. The zero-order valence-electron chi connectivity index (χ0n) is 14.3. The van der Waals surface area contributed by atoms with Gasteiger partial charge in [-0.25, -0.2) is 0 Å². The van der Waals surface area contributed by atoms with Gasteiger partial charge in [0, 0.05) is 12.0 Å². The first-order chi connectivity index (χ1) is 12.3. The van der Waals surface area contributed by atoms with Gasteiger partial charge in [-0.1, -0.05) is 12.8 Å². The Morgan fingerprint density at radius 3 is 2.72 bits per heavy atom. The maximum Gasteiger partial charge on any atom is 0.250 e. The van der Waals surface area contributed by atoms with E-state index >= 15 is 0 Å². The minimum absolute atomic E-state index is 0.158. The van der Waals surface area contributed by atoms with E-state index < -0.39 is 0 Å². The number of carbonyl (C=O) groups excluding carboxylic acids is 1. The molecule has 7 heteroatoms. The van der Waals surface area contributed by atoms with Crippen LogP contribution in [0.3, 0.4) is 0 Å². The van der Waals surface area contributed by atoms with Crippen molar-refractivity contribution in [2.24, 2.45) is 0 Å². The summed E-state index contributed by atoms with van der Waals surface area (Å²) in [5, 5.41) is 11.5. The Morgan fingerprint density at radius 1 is 1.20 bits per heavy atom. The molecule has 1 saturated heterocycles. The summed E-state index contributed by atoms with van der Waals surface area (Å²) in [7, 11) is 0. The molecule has 0 aromatic carbocycles. The Kier molecular flexibility index (Phi) is 4.83. The van der Waals surface area contributed by atoms with E-state index in [4.69, 9.17) is 8.83 Å². The van der Waals surface area contributed by atoms with Crippen molar-refractivity contribution in [2.75, 3.05) is 19.6 Å². The van der Waals surface area contributed by atoms with Crippen LogP contribution in [-0.2, 0) is 4.79 Å². The van der Waals surface area contributed by atoms with Crippen molar-refractivity contribution in [3.05, 3.63) is 24.5 Å². The third kappa shape index (κ3) is 3.92. The Bertz CT molecular complexity index is 683. The number of piperidine rings is 1. The minimum atomic E-state index is 0.158. The average Bonchev–Trinajstić information content (AvgIpc) is 3.37. The van der Waals surface area contributed by atoms with Crippen LogP contribution in [0.4, 0.5) is 0 Å². The monoisotopic (exact) mass is 344 g/mol. The molecule has 1 amide bonds. The molecule has 25 heavy (non-hydrogen) atoms. The maximum atomic E-state index is 12.2. The first-order valence-electron chi connectivity index (χ1n) is 9.15. The van der Waals surface area contributed by atoms with Gasteiger partial charge in [-0.15, -0.1) is 10.2 Å². The van der Waals surface area contributed by atoms with Gasteiger partial charge in [-0.2, -0.15) is 0 Å². The summed E-state index contributed by atoms with van der Waals surface area (Å²) in [6, 6.07) is 2.20. The minimum Gasteiger partial charge on any atom is -0.472 e. The number of hydrogen-bond donors (Lipinski definition) is 1. The summed E-state index contributed by atoms with van der Waals surface area (Å²) in [6.07, 6.45) is 9.79. The zero-order chi connectivity index (χ0) is 17.1. The number of carbonyl (C=O) groups is 1. The number of aromatic nitrogens is 2. The number of rotatable bonds is 5. The van der Waals surface area contributed by atoms with Crippen LogP contribution in [0, 0.1) is 0 Å². The second kappa shape index (κ2) is 7.39. The third-order valence-electron chi connectivity index (χ3n) is 5.23. The molecule has 0 radical (unpaired) electrons. The molecule has 0 spiro atoms. The van der Waals surface area contributed by atoms with Crippen molar-refractivity contribution in [3.63, 3.8) is 0 Å². The van der Waals surface area contributed by atoms with Crippen LogP contribution in [0.25, 0.3) is 11.5 Å². The largest absolute Gasteiger partial charge is 0.472 e. The third-order valence-corrected chi connectivity index (χ3v) is 5.23. The number of hydrogen-bond acceptors (Lipinski definition) is 6. The quantitative estimate of drug-likeness (QED) is 0.897. The Labute approximate surface area is 146 Å². The predicted octanol–water partition coefficient (Wildman–Crippen LogP) is 2.57. The van der Waals surface area contributed by atoms with Crippen molar-refractivity contribution >= 4 is 5.91 Å². The first-order valence-corrected chi connectivity index (χ1v) is 9.15. The van der Waals surface area contributed by atoms with E-state index in [9.17, 15) is 4.79 Å². The summed E-state index contributed by atoms with van der Waals surface area (Å²) in [5.41, 5.74) is 0.805. The lowest BCUT2D eigenvalue weighted by Crippen LogP contribution is -2.43. The van der Waals surface area contributed by atoms with Crippen LogP contribution in [0.5, 0.6) is 0 Å². The highest BCUT2D eigenvalue weighted by atomic mass is 16.4. The Morgan fingerprint density at radius 2 is 2.00 bits per heavy atom. The fourth-order valence-electron chi connectivity index (χ4n) is 3.79. The number of nitrogens with zero attached hydrogens (tertiary/aromatic N) is 3. The van der Waals surface area contributed by atoms with Crippen LogP contribution in [0.1, 0.15) is 50.3 Å². The van der Waals surface area contributed by atoms with E-state index in [2.05, 4.69) is 20.4 Å². The van der Waals surface area contributed by atoms with Crippen molar-refractivity contribution < 1.29 is 13.6 Å². The molecule has 0 unspecified atom stereocenters. The summed E-state index contributed by atoms with van der Waals surface area (Å²) in [6.45, 7) is 2.26. The van der Waals surface area contributed by atoms with E-state index in [-0.39, 0.29) is 11.8 Å². The van der Waals surface area contributed by atoms with Gasteiger partial charge in [0.05, 0.1) is 18.4 Å². The molecule has 1 N–H and O–H groups in total. The SMILES string of the molecule is O=C(CN1CCC(c2nnc(-c3ccoc3)o2)CC1)NC1CCCC1. The van der Waals surface area contributed by atoms with E-state index in [0.717, 1.165) is 44.3 Å². The molecule has 2 fully saturated rings. The molecule has 134 valence electrons. The highest BCUT2D eigenvalue weighted by Gasteiger charge is 2.27. The standard InChI is InChI=1S/C18H24N4O3/c23-16(19-15-3-1-2-4-15)11-22-8-5-13(6-9-22)17-20-21-18(25-17)14-7-10-24-12-14/h7,10,12-13,15H,1-6,8-9,11H2,(H,19,23). The Balaban J connectivity index is 1.26. The molecule has 1 aliphatic heterocycles. The lowest BCUT2D eigenvalue weighted by atomic mass is 9.97. The van der Waals surface area contributed by atoms with Crippen molar-refractivity contribution in [1.82, 2.24) is 20.4 Å². The van der Waals surface area contributed by atoms with Crippen LogP contribution in [0.2, 0.25) is 0 Å². The van der Waals surface area contributed by atoms with E-state index in [1.807, 2.05) is 6.07 Å². The fraction of sp³-hybridized carbons (Fsp3) is 0.611. The lowest BCUT2D eigenvalue weighted by Gasteiger charge is -2.30. The molecule has 2 aliphatic rings. The molecular weight excluding hydrogens is 320 g/mol. The molecule has 4 rings (SSSR count). The molecule has 1 saturated carbocycles. The lowest BCUT2D eigenvalue weighted by molar-refractivity contribution is -0.123. The van der Waals surface area contributed by atoms with Crippen LogP contribution in [0.15, 0.2) is 27.4 Å². The van der Waals surface area contributed by atoms with Gasteiger partial charge in [-0.3, -0.25) is 9.69 Å². The molecule has 0 bridgehead atoms. The summed E-state index contributed by atoms with van der Waals surface area (Å²) in [5.74, 6) is 1.61. The topological polar surface area (TPSA) is 84.4 Å². The van der Waals surface area contributed by atoms with Gasteiger partial charge in [-0.05, 0) is 44.8 Å². The van der Waals surface area contributed by atoms with Gasteiger partial charge in [0.25, 0.3) is 5.89 Å². The van der Waals surface area contributed by atoms with E-state index in [1.165, 1.54) is 12.8 Å². The molecule has 2 aromatic rings. The molecule has 3 heterocycles. The first kappa shape index (κ1) is 16.3. The van der Waals surface area contributed by atoms with Crippen LogP contribution < -0.4 is 5.32 Å². The van der Waals surface area contributed by atoms with Crippen LogP contribution >= 0.6 is 0 Å². The summed E-state index contributed by atoms with van der Waals surface area (Å²) >= 11 is 0. The van der Waals surface area contributed by atoms with Gasteiger partial charge in [0.2, 0.25) is 11.8 Å². The zero-order valence-corrected chi connectivity index (χ0v) is 14.3. The Hall–Kier alpha value is -2.15. The number of furan rings is 1.